The van der Waals surface area contributed by atoms with Crippen LogP contribution < -0.4 is 4.90 Å². The molecule has 0 aliphatic heterocycles. The monoisotopic (exact) mass is 345 g/mol. The molecule has 136 valence electrons. The Balaban J connectivity index is 3.32. The minimum atomic E-state index is -0.597. The van der Waals surface area contributed by atoms with Crippen LogP contribution in [0.15, 0.2) is 35.9 Å². The van der Waals surface area contributed by atoms with Crippen molar-refractivity contribution in [1.82, 2.24) is 0 Å². The zero-order valence-corrected chi connectivity index (χ0v) is 15.7. The summed E-state index contributed by atoms with van der Waals surface area (Å²) in [5.41, 5.74) is 1.81. The van der Waals surface area contributed by atoms with E-state index < -0.39 is 11.9 Å². The maximum Gasteiger partial charge on any atom is 0.330 e. The number of unbranched alkanes of at least 4 members (excludes halogenated alkanes) is 1. The third-order valence-corrected chi connectivity index (χ3v) is 3.78. The van der Waals surface area contributed by atoms with Crippen LogP contribution in [0.3, 0.4) is 0 Å². The van der Waals surface area contributed by atoms with Gasteiger partial charge in [-0.05, 0) is 31.9 Å². The molecule has 0 unspecified atom stereocenters. The molecule has 1 rings (SSSR count). The lowest BCUT2D eigenvalue weighted by atomic mass is 10.0. The summed E-state index contributed by atoms with van der Waals surface area (Å²) in [4.78, 5) is 38.5. The smallest absolute Gasteiger partial charge is 0.330 e. The summed E-state index contributed by atoms with van der Waals surface area (Å²) in [5.74, 6) is -1.72. The molecule has 0 saturated carbocycles. The highest BCUT2D eigenvalue weighted by Crippen LogP contribution is 2.22. The van der Waals surface area contributed by atoms with Gasteiger partial charge in [0.2, 0.25) is 5.91 Å². The van der Waals surface area contributed by atoms with Crippen LogP contribution in [-0.2, 0) is 19.1 Å². The van der Waals surface area contributed by atoms with Crippen molar-refractivity contribution >= 4 is 23.5 Å². The molecule has 0 saturated heterocycles. The van der Waals surface area contributed by atoms with E-state index in [9.17, 15) is 14.4 Å². The van der Waals surface area contributed by atoms with Crippen molar-refractivity contribution in [3.8, 4) is 0 Å². The summed E-state index contributed by atoms with van der Waals surface area (Å²) in [6.07, 6.45) is 3.21. The van der Waals surface area contributed by atoms with Gasteiger partial charge in [0.1, 0.15) is 0 Å². The summed E-state index contributed by atoms with van der Waals surface area (Å²) >= 11 is 0. The fourth-order valence-corrected chi connectivity index (χ4v) is 2.25. The van der Waals surface area contributed by atoms with Crippen LogP contribution in [0.2, 0.25) is 0 Å². The van der Waals surface area contributed by atoms with Crippen LogP contribution in [0.5, 0.6) is 0 Å². The third-order valence-electron chi connectivity index (χ3n) is 3.78. The van der Waals surface area contributed by atoms with Gasteiger partial charge in [0, 0.05) is 17.6 Å². The quantitative estimate of drug-likeness (QED) is 0.557. The number of hydrogen-bond donors (Lipinski definition) is 0. The normalized spacial score (nSPS) is 11.4. The summed E-state index contributed by atoms with van der Waals surface area (Å²) in [6, 6.07) is 7.17. The predicted octanol–water partition coefficient (Wildman–Crippen LogP) is 3.80. The van der Waals surface area contributed by atoms with Crippen LogP contribution in [-0.4, -0.2) is 24.9 Å². The van der Waals surface area contributed by atoms with Gasteiger partial charge in [0.15, 0.2) is 0 Å². The molecule has 5 nitrogen and oxygen atoms in total. The number of esters is 1. The molecule has 0 aliphatic rings. The van der Waals surface area contributed by atoms with E-state index in [1.54, 1.807) is 26.0 Å². The van der Waals surface area contributed by atoms with Gasteiger partial charge in [0.25, 0.3) is 5.91 Å². The molecule has 0 N–H and O–H groups in total. The number of anilines is 1. The molecular weight excluding hydrogens is 318 g/mol. The SMILES string of the molecule is CCCC/C(=C/C(=O)OC)C(=O)N(C(=O)C(C)C)c1ccc(C)cc1. The van der Waals surface area contributed by atoms with Gasteiger partial charge in [-0.25, -0.2) is 9.69 Å². The van der Waals surface area contributed by atoms with E-state index in [2.05, 4.69) is 4.74 Å². The summed E-state index contributed by atoms with van der Waals surface area (Å²) in [6.45, 7) is 7.42. The Hall–Kier alpha value is -2.43. The van der Waals surface area contributed by atoms with Crippen LogP contribution in [0, 0.1) is 12.8 Å². The Bertz CT molecular complexity index is 644. The number of imide groups is 1. The van der Waals surface area contributed by atoms with Gasteiger partial charge in [0.05, 0.1) is 12.8 Å². The fraction of sp³-hybridized carbons (Fsp3) is 0.450. The predicted molar refractivity (Wildman–Crippen MR) is 98.1 cm³/mol. The highest BCUT2D eigenvalue weighted by molar-refractivity contribution is 6.22. The summed E-state index contributed by atoms with van der Waals surface area (Å²) < 4.78 is 4.65. The van der Waals surface area contributed by atoms with Gasteiger partial charge in [-0.15, -0.1) is 0 Å². The second-order valence-corrected chi connectivity index (χ2v) is 6.27. The molecule has 1 aromatic carbocycles. The number of methoxy groups -OCH3 is 1. The molecule has 1 aromatic rings. The van der Waals surface area contributed by atoms with Crippen molar-refractivity contribution in [1.29, 1.82) is 0 Å². The zero-order chi connectivity index (χ0) is 19.0. The number of carbonyl (C=O) groups is 3. The molecule has 5 heteroatoms. The van der Waals surface area contributed by atoms with E-state index >= 15 is 0 Å². The highest BCUT2D eigenvalue weighted by Gasteiger charge is 2.28. The molecule has 0 aromatic heterocycles. The molecular formula is C20H27NO4. The van der Waals surface area contributed by atoms with E-state index in [0.717, 1.165) is 23.3 Å². The van der Waals surface area contributed by atoms with Crippen LogP contribution in [0.1, 0.15) is 45.6 Å². The minimum Gasteiger partial charge on any atom is -0.466 e. The number of nitrogens with zero attached hydrogens (tertiary/aromatic N) is 1. The Morgan fingerprint density at radius 1 is 1.16 bits per heavy atom. The van der Waals surface area contributed by atoms with Crippen LogP contribution in [0.25, 0.3) is 0 Å². The van der Waals surface area contributed by atoms with E-state index in [4.69, 9.17) is 0 Å². The second-order valence-electron chi connectivity index (χ2n) is 6.27. The van der Waals surface area contributed by atoms with Crippen molar-refractivity contribution in [3.63, 3.8) is 0 Å². The van der Waals surface area contributed by atoms with Gasteiger partial charge >= 0.3 is 5.97 Å². The summed E-state index contributed by atoms with van der Waals surface area (Å²) in [7, 11) is 1.26. The maximum atomic E-state index is 13.1. The lowest BCUT2D eigenvalue weighted by molar-refractivity contribution is -0.135. The van der Waals surface area contributed by atoms with Crippen molar-refractivity contribution in [2.24, 2.45) is 5.92 Å². The zero-order valence-electron chi connectivity index (χ0n) is 15.7. The van der Waals surface area contributed by atoms with E-state index in [1.807, 2.05) is 26.0 Å². The number of rotatable bonds is 7. The number of carbonyl (C=O) groups excluding carboxylic acids is 3. The van der Waals surface area contributed by atoms with Gasteiger partial charge in [-0.2, -0.15) is 0 Å². The first kappa shape index (κ1) is 20.6. The number of ether oxygens (including phenoxy) is 1. The molecule has 25 heavy (non-hydrogen) atoms. The average molecular weight is 345 g/mol. The van der Waals surface area contributed by atoms with Crippen molar-refractivity contribution in [2.75, 3.05) is 12.0 Å². The molecule has 0 aliphatic carbocycles. The van der Waals surface area contributed by atoms with Gasteiger partial charge in [-0.1, -0.05) is 44.9 Å². The van der Waals surface area contributed by atoms with Crippen molar-refractivity contribution < 1.29 is 19.1 Å². The maximum absolute atomic E-state index is 13.1. The second kappa shape index (κ2) is 9.77. The molecule has 2 amide bonds. The van der Waals surface area contributed by atoms with Crippen molar-refractivity contribution in [2.45, 2.75) is 47.0 Å². The largest absolute Gasteiger partial charge is 0.466 e. The molecule has 0 spiro atoms. The topological polar surface area (TPSA) is 63.7 Å². The number of hydrogen-bond acceptors (Lipinski definition) is 4. The minimum absolute atomic E-state index is 0.281. The van der Waals surface area contributed by atoms with Crippen LogP contribution in [0.4, 0.5) is 5.69 Å². The first-order valence-electron chi connectivity index (χ1n) is 8.55. The number of amides is 2. The Morgan fingerprint density at radius 2 is 1.76 bits per heavy atom. The molecule has 0 atom stereocenters. The standard InChI is InChI=1S/C20H27NO4/c1-6-7-8-16(13-18(22)25-5)20(24)21(19(23)14(2)3)17-11-9-15(4)10-12-17/h9-14H,6-8H2,1-5H3/b16-13-. The lowest BCUT2D eigenvalue weighted by Gasteiger charge is -2.24. The average Bonchev–Trinajstić information content (AvgIpc) is 2.59. The van der Waals surface area contributed by atoms with Crippen molar-refractivity contribution in [3.05, 3.63) is 41.5 Å². The van der Waals surface area contributed by atoms with E-state index in [0.29, 0.717) is 12.1 Å². The van der Waals surface area contributed by atoms with E-state index in [-0.39, 0.29) is 17.4 Å². The summed E-state index contributed by atoms with van der Waals surface area (Å²) in [5, 5.41) is 0. The fourth-order valence-electron chi connectivity index (χ4n) is 2.25. The van der Waals surface area contributed by atoms with Gasteiger partial charge in [-0.3, -0.25) is 9.59 Å². The third kappa shape index (κ3) is 5.85. The first-order chi connectivity index (χ1) is 11.8. The number of aryl methyl sites for hydroxylation is 1. The number of benzene rings is 1. The van der Waals surface area contributed by atoms with E-state index in [1.165, 1.54) is 13.2 Å². The Labute approximate surface area is 149 Å². The van der Waals surface area contributed by atoms with Crippen LogP contribution >= 0.6 is 0 Å². The molecule has 0 heterocycles. The highest BCUT2D eigenvalue weighted by atomic mass is 16.5. The lowest BCUT2D eigenvalue weighted by Crippen LogP contribution is -2.40. The van der Waals surface area contributed by atoms with Gasteiger partial charge < -0.3 is 4.74 Å². The first-order valence-corrected chi connectivity index (χ1v) is 8.55. The molecule has 0 fully saturated rings. The molecule has 0 radical (unpaired) electrons. The Kier molecular flexibility index (Phi) is 8.05. The molecule has 0 bridgehead atoms. The Morgan fingerprint density at radius 3 is 2.24 bits per heavy atom.